The average Bonchev–Trinajstić information content (AvgIpc) is 3.12. The van der Waals surface area contributed by atoms with Crippen molar-refractivity contribution in [1.82, 2.24) is 10.2 Å². The molecule has 0 bridgehead atoms. The standard InChI is InChI=1S/C25H32N4O2/c1-24(2,3)28-23-25(26-16-19-10-5-7-11-20(19)27-23)13-14-29(17-25)22(30)15-18-9-6-8-12-21(18)31-4/h5-12,26H,13-17H2,1-4H3,(H,27,28). The lowest BCUT2D eigenvalue weighted by molar-refractivity contribution is -0.129. The van der Waals surface area contributed by atoms with Crippen LogP contribution >= 0.6 is 0 Å². The van der Waals surface area contributed by atoms with Crippen LogP contribution in [0.15, 0.2) is 53.5 Å². The minimum absolute atomic E-state index is 0.111. The first-order valence-corrected chi connectivity index (χ1v) is 10.9. The summed E-state index contributed by atoms with van der Waals surface area (Å²) in [4.78, 5) is 20.2. The van der Waals surface area contributed by atoms with Crippen molar-refractivity contribution in [2.24, 2.45) is 4.99 Å². The van der Waals surface area contributed by atoms with Gasteiger partial charge in [0.25, 0.3) is 0 Å². The molecular formula is C25H32N4O2. The van der Waals surface area contributed by atoms with Crippen LogP contribution in [-0.2, 0) is 17.8 Å². The third-order valence-electron chi connectivity index (χ3n) is 5.94. The topological polar surface area (TPSA) is 66.0 Å². The molecule has 6 heteroatoms. The van der Waals surface area contributed by atoms with E-state index in [4.69, 9.17) is 9.73 Å². The third kappa shape index (κ3) is 4.59. The first-order valence-electron chi connectivity index (χ1n) is 10.9. The molecule has 1 fully saturated rings. The van der Waals surface area contributed by atoms with Gasteiger partial charge in [0.1, 0.15) is 11.6 Å². The minimum Gasteiger partial charge on any atom is -0.496 e. The van der Waals surface area contributed by atoms with Gasteiger partial charge in [-0.1, -0.05) is 36.4 Å². The zero-order chi connectivity index (χ0) is 22.1. The van der Waals surface area contributed by atoms with E-state index in [1.165, 1.54) is 5.56 Å². The summed E-state index contributed by atoms with van der Waals surface area (Å²) in [6.07, 6.45) is 1.15. The molecule has 1 atom stereocenters. The molecule has 2 aromatic carbocycles. The van der Waals surface area contributed by atoms with Crippen LogP contribution in [0.25, 0.3) is 0 Å². The molecule has 4 rings (SSSR count). The predicted octanol–water partition coefficient (Wildman–Crippen LogP) is 3.62. The van der Waals surface area contributed by atoms with E-state index in [0.717, 1.165) is 35.8 Å². The van der Waals surface area contributed by atoms with Crippen LogP contribution in [0.1, 0.15) is 38.3 Å². The van der Waals surface area contributed by atoms with Gasteiger partial charge in [0.15, 0.2) is 0 Å². The number of likely N-dealkylation sites (tertiary alicyclic amines) is 1. The quantitative estimate of drug-likeness (QED) is 0.796. The highest BCUT2D eigenvalue weighted by molar-refractivity contribution is 6.04. The number of ether oxygens (including phenoxy) is 1. The van der Waals surface area contributed by atoms with E-state index in [0.29, 0.717) is 19.5 Å². The summed E-state index contributed by atoms with van der Waals surface area (Å²) < 4.78 is 5.43. The highest BCUT2D eigenvalue weighted by Gasteiger charge is 2.45. The number of hydrogen-bond donors (Lipinski definition) is 2. The Labute approximate surface area is 184 Å². The van der Waals surface area contributed by atoms with Crippen molar-refractivity contribution in [3.8, 4) is 5.75 Å². The van der Waals surface area contributed by atoms with Gasteiger partial charge >= 0.3 is 0 Å². The number of carbonyl (C=O) groups excluding carboxylic acids is 1. The molecule has 1 spiro atoms. The number of hydrogen-bond acceptors (Lipinski definition) is 4. The molecule has 0 aromatic heterocycles. The number of nitrogens with zero attached hydrogens (tertiary/aromatic N) is 2. The van der Waals surface area contributed by atoms with Gasteiger partial charge in [-0.15, -0.1) is 0 Å². The fourth-order valence-electron chi connectivity index (χ4n) is 4.35. The maximum absolute atomic E-state index is 13.2. The molecule has 2 aliphatic heterocycles. The third-order valence-corrected chi connectivity index (χ3v) is 5.94. The van der Waals surface area contributed by atoms with E-state index < -0.39 is 0 Å². The van der Waals surface area contributed by atoms with Crippen molar-refractivity contribution < 1.29 is 9.53 Å². The second-order valence-electron chi connectivity index (χ2n) is 9.40. The van der Waals surface area contributed by atoms with Crippen LogP contribution in [0, 0.1) is 0 Å². The maximum atomic E-state index is 13.2. The van der Waals surface area contributed by atoms with Crippen molar-refractivity contribution in [1.29, 1.82) is 0 Å². The van der Waals surface area contributed by atoms with Gasteiger partial charge in [0.2, 0.25) is 5.91 Å². The summed E-state index contributed by atoms with van der Waals surface area (Å²) in [6, 6.07) is 16.0. The molecule has 2 aromatic rings. The molecule has 0 aliphatic carbocycles. The maximum Gasteiger partial charge on any atom is 0.227 e. The minimum atomic E-state index is -0.386. The van der Waals surface area contributed by atoms with Crippen LogP contribution < -0.4 is 15.4 Å². The second-order valence-corrected chi connectivity index (χ2v) is 9.40. The van der Waals surface area contributed by atoms with Gasteiger partial charge in [0.05, 0.1) is 24.6 Å². The van der Waals surface area contributed by atoms with Crippen molar-refractivity contribution >= 4 is 17.4 Å². The number of carbonyl (C=O) groups is 1. The van der Waals surface area contributed by atoms with E-state index in [2.05, 4.69) is 49.6 Å². The van der Waals surface area contributed by atoms with Gasteiger partial charge in [-0.25, -0.2) is 0 Å². The number of amidine groups is 1. The van der Waals surface area contributed by atoms with Crippen LogP contribution in [0.5, 0.6) is 5.75 Å². The molecule has 164 valence electrons. The van der Waals surface area contributed by atoms with Crippen LogP contribution in [-0.4, -0.2) is 47.9 Å². The highest BCUT2D eigenvalue weighted by atomic mass is 16.5. The Morgan fingerprint density at radius 2 is 1.90 bits per heavy atom. The fourth-order valence-corrected chi connectivity index (χ4v) is 4.35. The summed E-state index contributed by atoms with van der Waals surface area (Å²) in [5, 5.41) is 7.35. The molecule has 2 aliphatic rings. The Balaban J connectivity index is 1.59. The first kappa shape index (κ1) is 21.4. The Morgan fingerprint density at radius 3 is 2.68 bits per heavy atom. The SMILES string of the molecule is COc1ccccc1CC(=O)N1CCC2(C1)NCc1ccccc1NC2=NC(C)(C)C. The smallest absolute Gasteiger partial charge is 0.227 e. The van der Waals surface area contributed by atoms with E-state index in [1.54, 1.807) is 7.11 Å². The van der Waals surface area contributed by atoms with Gasteiger partial charge in [-0.2, -0.15) is 0 Å². The van der Waals surface area contributed by atoms with E-state index in [9.17, 15) is 4.79 Å². The van der Waals surface area contributed by atoms with Gasteiger partial charge in [0, 0.05) is 30.9 Å². The van der Waals surface area contributed by atoms with Crippen molar-refractivity contribution in [3.63, 3.8) is 0 Å². The zero-order valence-corrected chi connectivity index (χ0v) is 18.9. The van der Waals surface area contributed by atoms with Crippen molar-refractivity contribution in [3.05, 3.63) is 59.7 Å². The number of benzene rings is 2. The van der Waals surface area contributed by atoms with E-state index in [-0.39, 0.29) is 17.0 Å². The Bertz CT molecular complexity index is 995. The summed E-state index contributed by atoms with van der Waals surface area (Å²) in [5.41, 5.74) is 2.58. The number of amides is 1. The molecule has 1 saturated heterocycles. The summed E-state index contributed by atoms with van der Waals surface area (Å²) in [5.74, 6) is 1.78. The van der Waals surface area contributed by atoms with Gasteiger partial charge < -0.3 is 15.0 Å². The number of anilines is 1. The Kier molecular flexibility index (Phi) is 5.75. The number of methoxy groups -OCH3 is 1. The van der Waals surface area contributed by atoms with E-state index in [1.807, 2.05) is 35.2 Å². The molecule has 0 saturated carbocycles. The summed E-state index contributed by atoms with van der Waals surface area (Å²) in [6.45, 7) is 8.34. The molecular weight excluding hydrogens is 388 g/mol. The van der Waals surface area contributed by atoms with Crippen LogP contribution in [0.4, 0.5) is 5.69 Å². The molecule has 1 amide bonds. The number of fused-ring (bicyclic) bond motifs is 1. The lowest BCUT2D eigenvalue weighted by Gasteiger charge is -2.32. The highest BCUT2D eigenvalue weighted by Crippen LogP contribution is 2.31. The zero-order valence-electron chi connectivity index (χ0n) is 18.9. The van der Waals surface area contributed by atoms with Crippen LogP contribution in [0.2, 0.25) is 0 Å². The molecule has 6 nitrogen and oxygen atoms in total. The Hall–Kier alpha value is -2.86. The monoisotopic (exact) mass is 420 g/mol. The second kappa shape index (κ2) is 8.35. The number of para-hydroxylation sites is 2. The lowest BCUT2D eigenvalue weighted by atomic mass is 9.95. The van der Waals surface area contributed by atoms with Crippen molar-refractivity contribution in [2.45, 2.75) is 51.2 Å². The number of nitrogens with one attached hydrogen (secondary N) is 2. The normalized spacial score (nSPS) is 22.2. The molecule has 2 heterocycles. The van der Waals surface area contributed by atoms with Crippen molar-refractivity contribution in [2.75, 3.05) is 25.5 Å². The van der Waals surface area contributed by atoms with Gasteiger partial charge in [-0.3, -0.25) is 15.1 Å². The number of aliphatic imine (C=N–C) groups is 1. The lowest BCUT2D eigenvalue weighted by Crippen LogP contribution is -2.56. The first-order chi connectivity index (χ1) is 14.8. The fraction of sp³-hybridized carbons (Fsp3) is 0.440. The Morgan fingerprint density at radius 1 is 1.16 bits per heavy atom. The van der Waals surface area contributed by atoms with E-state index >= 15 is 0 Å². The molecule has 0 radical (unpaired) electrons. The van der Waals surface area contributed by atoms with Gasteiger partial charge in [-0.05, 0) is 44.9 Å². The molecule has 2 N–H and O–H groups in total. The average molecular weight is 421 g/mol. The summed E-state index contributed by atoms with van der Waals surface area (Å²) in [7, 11) is 1.64. The summed E-state index contributed by atoms with van der Waals surface area (Å²) >= 11 is 0. The molecule has 31 heavy (non-hydrogen) atoms. The molecule has 1 unspecified atom stereocenters. The largest absolute Gasteiger partial charge is 0.496 e. The predicted molar refractivity (Wildman–Crippen MR) is 125 cm³/mol. The van der Waals surface area contributed by atoms with Crippen LogP contribution in [0.3, 0.4) is 0 Å². The number of rotatable bonds is 3.